The number of imidazole rings is 1. The molecule has 11 heteroatoms. The van der Waals surface area contributed by atoms with Crippen LogP contribution in [0, 0.1) is 18.2 Å². The molecule has 3 aromatic rings. The number of carbonyl (C=O) groups excluding carboxylic acids is 1. The number of anilines is 1. The maximum Gasteiger partial charge on any atom is 0.257 e. The Labute approximate surface area is 201 Å². The number of rotatable bonds is 6. The summed E-state index contributed by atoms with van der Waals surface area (Å²) in [6.45, 7) is 5.60. The van der Waals surface area contributed by atoms with E-state index in [2.05, 4.69) is 36.0 Å². The minimum atomic E-state index is -0.534. The summed E-state index contributed by atoms with van der Waals surface area (Å²) in [7, 11) is 0. The SMILES string of the molecule is Cc1cn2cc(NC(=O)C3=CC=C(N4CCNCC4)/C(=C/NCc4cn[nH]c4)C3=N)cc(F)c2n1. The summed E-state index contributed by atoms with van der Waals surface area (Å²) in [5.41, 5.74) is 3.92. The summed E-state index contributed by atoms with van der Waals surface area (Å²) in [4.78, 5) is 19.5. The maximum atomic E-state index is 14.5. The van der Waals surface area contributed by atoms with Gasteiger partial charge in [-0.3, -0.25) is 15.3 Å². The number of amides is 1. The molecule has 0 radical (unpaired) electrons. The highest BCUT2D eigenvalue weighted by molar-refractivity contribution is 6.31. The van der Waals surface area contributed by atoms with Crippen molar-refractivity contribution in [2.24, 2.45) is 0 Å². The normalized spacial score (nSPS) is 17.5. The number of nitrogens with one attached hydrogen (secondary N) is 5. The standard InChI is InChI=1S/C24H26FN9O/c1-15-13-34-14-17(8-20(25)23(34)31-15)32-24(35)18-2-3-21(33-6-4-27-5-7-33)19(22(18)26)12-28-9-16-10-29-30-11-16/h2-3,8,10-14,26-28H,4-7,9H2,1H3,(H,29,30)(H,32,35)/b19-12-,26-22?. The van der Waals surface area contributed by atoms with Gasteiger partial charge < -0.3 is 25.3 Å². The van der Waals surface area contributed by atoms with Crippen LogP contribution < -0.4 is 16.0 Å². The van der Waals surface area contributed by atoms with E-state index in [-0.39, 0.29) is 22.6 Å². The molecular weight excluding hydrogens is 449 g/mol. The molecule has 5 N–H and O–H groups in total. The molecule has 0 unspecified atom stereocenters. The number of hydrogen-bond acceptors (Lipinski definition) is 7. The molecular formula is C24H26FN9O. The van der Waals surface area contributed by atoms with Crippen LogP contribution >= 0.6 is 0 Å². The Kier molecular flexibility index (Phi) is 6.15. The van der Waals surface area contributed by atoms with E-state index in [1.54, 1.807) is 44.0 Å². The fraction of sp³-hybridized carbons (Fsp3) is 0.250. The zero-order valence-electron chi connectivity index (χ0n) is 19.2. The van der Waals surface area contributed by atoms with E-state index in [4.69, 9.17) is 5.41 Å². The van der Waals surface area contributed by atoms with Crippen LogP contribution in [0.5, 0.6) is 0 Å². The molecule has 180 valence electrons. The van der Waals surface area contributed by atoms with Gasteiger partial charge in [0.25, 0.3) is 5.91 Å². The average molecular weight is 476 g/mol. The molecule has 1 aliphatic heterocycles. The lowest BCUT2D eigenvalue weighted by Crippen LogP contribution is -2.44. The predicted octanol–water partition coefficient (Wildman–Crippen LogP) is 1.87. The van der Waals surface area contributed by atoms with Crippen molar-refractivity contribution in [1.82, 2.24) is 35.1 Å². The van der Waals surface area contributed by atoms with E-state index in [1.807, 2.05) is 6.08 Å². The van der Waals surface area contributed by atoms with Crippen molar-refractivity contribution in [2.75, 3.05) is 31.5 Å². The van der Waals surface area contributed by atoms with Crippen LogP contribution in [0.15, 0.2) is 66.0 Å². The fourth-order valence-corrected chi connectivity index (χ4v) is 4.22. The zero-order chi connectivity index (χ0) is 24.4. The van der Waals surface area contributed by atoms with E-state index in [0.29, 0.717) is 17.8 Å². The first-order valence-corrected chi connectivity index (χ1v) is 11.3. The first-order chi connectivity index (χ1) is 17.0. The molecule has 1 fully saturated rings. The third-order valence-corrected chi connectivity index (χ3v) is 5.92. The van der Waals surface area contributed by atoms with Gasteiger partial charge in [0, 0.05) is 80.4 Å². The van der Waals surface area contributed by atoms with Crippen molar-refractivity contribution in [1.29, 1.82) is 5.41 Å². The Bertz CT molecular complexity index is 1360. The summed E-state index contributed by atoms with van der Waals surface area (Å²) in [5, 5.41) is 24.9. The lowest BCUT2D eigenvalue weighted by Gasteiger charge is -2.34. The largest absolute Gasteiger partial charge is 0.386 e. The van der Waals surface area contributed by atoms with Crippen LogP contribution in [-0.2, 0) is 11.3 Å². The molecule has 0 atom stereocenters. The minimum Gasteiger partial charge on any atom is -0.386 e. The molecule has 10 nitrogen and oxygen atoms in total. The molecule has 35 heavy (non-hydrogen) atoms. The van der Waals surface area contributed by atoms with Crippen molar-refractivity contribution in [3.63, 3.8) is 0 Å². The minimum absolute atomic E-state index is 0.0956. The summed E-state index contributed by atoms with van der Waals surface area (Å²) in [6.07, 6.45) is 12.1. The predicted molar refractivity (Wildman–Crippen MR) is 130 cm³/mol. The third kappa shape index (κ3) is 4.71. The zero-order valence-corrected chi connectivity index (χ0v) is 19.2. The molecule has 5 rings (SSSR count). The van der Waals surface area contributed by atoms with Crippen LogP contribution in [0.3, 0.4) is 0 Å². The van der Waals surface area contributed by atoms with Crippen molar-refractivity contribution >= 4 is 23.0 Å². The number of hydrogen-bond donors (Lipinski definition) is 5. The van der Waals surface area contributed by atoms with E-state index < -0.39 is 11.7 Å². The monoisotopic (exact) mass is 475 g/mol. The van der Waals surface area contributed by atoms with Gasteiger partial charge in [-0.25, -0.2) is 9.37 Å². The summed E-state index contributed by atoms with van der Waals surface area (Å²) >= 11 is 0. The number of nitrogens with zero attached hydrogens (tertiary/aromatic N) is 4. The smallest absolute Gasteiger partial charge is 0.257 e. The van der Waals surface area contributed by atoms with Gasteiger partial charge in [-0.15, -0.1) is 0 Å². The van der Waals surface area contributed by atoms with Gasteiger partial charge >= 0.3 is 0 Å². The van der Waals surface area contributed by atoms with Gasteiger partial charge in [-0.2, -0.15) is 5.10 Å². The second-order valence-electron chi connectivity index (χ2n) is 8.43. The number of carbonyl (C=O) groups is 1. The molecule has 0 spiro atoms. The second kappa shape index (κ2) is 9.55. The molecule has 1 amide bonds. The van der Waals surface area contributed by atoms with E-state index in [1.165, 1.54) is 10.5 Å². The van der Waals surface area contributed by atoms with Crippen molar-refractivity contribution in [3.05, 3.63) is 83.1 Å². The number of allylic oxidation sites excluding steroid dienone is 3. The Morgan fingerprint density at radius 1 is 1.29 bits per heavy atom. The van der Waals surface area contributed by atoms with Crippen LogP contribution in [0.25, 0.3) is 5.65 Å². The molecule has 4 heterocycles. The van der Waals surface area contributed by atoms with E-state index in [0.717, 1.165) is 37.4 Å². The van der Waals surface area contributed by atoms with Gasteiger partial charge in [0.2, 0.25) is 0 Å². The highest BCUT2D eigenvalue weighted by Crippen LogP contribution is 2.26. The summed E-state index contributed by atoms with van der Waals surface area (Å²) in [5.74, 6) is -1.02. The number of aryl methyl sites for hydroxylation is 1. The third-order valence-electron chi connectivity index (χ3n) is 5.92. The van der Waals surface area contributed by atoms with Gasteiger partial charge in [-0.05, 0) is 19.1 Å². The Balaban J connectivity index is 1.40. The lowest BCUT2D eigenvalue weighted by molar-refractivity contribution is -0.112. The van der Waals surface area contributed by atoms with Crippen LogP contribution in [-0.4, -0.2) is 62.3 Å². The molecule has 3 aromatic heterocycles. The number of aromatic nitrogens is 4. The van der Waals surface area contributed by atoms with Crippen LogP contribution in [0.1, 0.15) is 11.3 Å². The van der Waals surface area contributed by atoms with Crippen molar-refractivity contribution in [3.8, 4) is 0 Å². The Morgan fingerprint density at radius 3 is 2.89 bits per heavy atom. The topological polar surface area (TPSA) is 126 Å². The molecule has 0 aromatic carbocycles. The number of fused-ring (bicyclic) bond motifs is 1. The molecule has 0 saturated carbocycles. The number of pyridine rings is 1. The molecule has 1 aliphatic carbocycles. The molecule has 1 saturated heterocycles. The van der Waals surface area contributed by atoms with Crippen LogP contribution in [0.4, 0.5) is 10.1 Å². The summed E-state index contributed by atoms with van der Waals surface area (Å²) in [6, 6.07) is 1.23. The van der Waals surface area contributed by atoms with E-state index >= 15 is 0 Å². The van der Waals surface area contributed by atoms with Gasteiger partial charge in [0.1, 0.15) is 0 Å². The van der Waals surface area contributed by atoms with Gasteiger partial charge in [-0.1, -0.05) is 0 Å². The number of piperazine rings is 1. The fourth-order valence-electron chi connectivity index (χ4n) is 4.22. The lowest BCUT2D eigenvalue weighted by atomic mass is 9.93. The van der Waals surface area contributed by atoms with Crippen LogP contribution in [0.2, 0.25) is 0 Å². The number of H-pyrrole nitrogens is 1. The van der Waals surface area contributed by atoms with E-state index in [9.17, 15) is 9.18 Å². The average Bonchev–Trinajstić information content (AvgIpc) is 3.50. The highest BCUT2D eigenvalue weighted by atomic mass is 19.1. The quantitative estimate of drug-likeness (QED) is 0.371. The molecule has 0 bridgehead atoms. The second-order valence-corrected chi connectivity index (χ2v) is 8.43. The number of aromatic amines is 1. The maximum absolute atomic E-state index is 14.5. The Morgan fingerprint density at radius 2 is 2.11 bits per heavy atom. The molecule has 2 aliphatic rings. The highest BCUT2D eigenvalue weighted by Gasteiger charge is 2.27. The van der Waals surface area contributed by atoms with Crippen molar-refractivity contribution in [2.45, 2.75) is 13.5 Å². The van der Waals surface area contributed by atoms with Gasteiger partial charge in [0.15, 0.2) is 11.5 Å². The first-order valence-electron chi connectivity index (χ1n) is 11.3. The summed E-state index contributed by atoms with van der Waals surface area (Å²) < 4.78 is 16.0. The Hall–Kier alpha value is -4.25. The van der Waals surface area contributed by atoms with Crippen molar-refractivity contribution < 1.29 is 9.18 Å². The first kappa shape index (κ1) is 22.5. The van der Waals surface area contributed by atoms with Gasteiger partial charge in [0.05, 0.1) is 28.9 Å². The number of halogens is 1.